The molecule has 0 fully saturated rings. The van der Waals surface area contributed by atoms with E-state index < -0.39 is 60.4 Å². The summed E-state index contributed by atoms with van der Waals surface area (Å²) < 4.78 is 0. The predicted molar refractivity (Wildman–Crippen MR) is 119 cm³/mol. The van der Waals surface area contributed by atoms with Gasteiger partial charge in [-0.25, -0.2) is 4.79 Å². The van der Waals surface area contributed by atoms with Gasteiger partial charge in [-0.1, -0.05) is 13.8 Å². The molecule has 9 N–H and O–H groups in total. The second kappa shape index (κ2) is 15.4. The smallest absolute Gasteiger partial charge is 0.326 e. The molecule has 0 heterocycles. The molecular weight excluding hydrogens is 442 g/mol. The van der Waals surface area contributed by atoms with Crippen LogP contribution in [-0.4, -0.2) is 82.6 Å². The topological polar surface area (TPSA) is 214 Å². The Morgan fingerprint density at radius 2 is 1.44 bits per heavy atom. The molecule has 13 heteroatoms. The summed E-state index contributed by atoms with van der Waals surface area (Å²) in [5.41, 5.74) is 10.6. The first-order valence-corrected chi connectivity index (χ1v) is 11.6. The van der Waals surface area contributed by atoms with Crippen molar-refractivity contribution in [3.8, 4) is 0 Å². The summed E-state index contributed by atoms with van der Waals surface area (Å²) in [5, 5.41) is 25.6. The van der Waals surface area contributed by atoms with Gasteiger partial charge in [-0.15, -0.1) is 0 Å². The fourth-order valence-corrected chi connectivity index (χ4v) is 3.13. The first kappa shape index (κ1) is 29.6. The number of aliphatic carboxylic acids is 1. The molecule has 4 atom stereocenters. The number of thioether (sulfide) groups is 1. The van der Waals surface area contributed by atoms with Gasteiger partial charge in [0.25, 0.3) is 0 Å². The first-order chi connectivity index (χ1) is 14.9. The number of carbonyl (C=O) groups is 5. The van der Waals surface area contributed by atoms with E-state index in [9.17, 15) is 29.1 Å². The second-order valence-electron chi connectivity index (χ2n) is 7.73. The van der Waals surface area contributed by atoms with Crippen molar-refractivity contribution in [1.29, 1.82) is 0 Å². The molecule has 0 saturated heterocycles. The Labute approximate surface area is 191 Å². The van der Waals surface area contributed by atoms with Crippen LogP contribution in [0.15, 0.2) is 0 Å². The molecule has 0 aromatic carbocycles. The molecule has 0 bridgehead atoms. The number of carbonyl (C=O) groups excluding carboxylic acids is 4. The number of amides is 4. The standard InChI is InChI=1S/C19H35N5O7S/c1-10(2)8-14(24-16(27)11(20)9-25)18(29)22-12(4-5-15(21)26)17(28)23-13(19(30)31)6-7-32-3/h10-14,25H,4-9,20H2,1-3H3,(H2,21,26)(H,22,29)(H,23,28)(H,24,27)(H,30,31). The van der Waals surface area contributed by atoms with E-state index in [0.29, 0.717) is 5.75 Å². The van der Waals surface area contributed by atoms with Crippen molar-refractivity contribution in [3.05, 3.63) is 0 Å². The number of nitrogens with two attached hydrogens (primary N) is 2. The van der Waals surface area contributed by atoms with Crippen LogP contribution in [0.5, 0.6) is 0 Å². The molecule has 0 spiro atoms. The van der Waals surface area contributed by atoms with Crippen molar-refractivity contribution in [2.75, 3.05) is 18.6 Å². The van der Waals surface area contributed by atoms with Crippen LogP contribution in [0.2, 0.25) is 0 Å². The number of carboxylic acid groups (broad SMARTS) is 1. The average Bonchev–Trinajstić information content (AvgIpc) is 2.71. The van der Waals surface area contributed by atoms with Crippen LogP contribution >= 0.6 is 11.8 Å². The molecule has 184 valence electrons. The maximum Gasteiger partial charge on any atom is 0.326 e. The fraction of sp³-hybridized carbons (Fsp3) is 0.737. The van der Waals surface area contributed by atoms with Crippen molar-refractivity contribution in [2.24, 2.45) is 17.4 Å². The minimum absolute atomic E-state index is 0.0165. The lowest BCUT2D eigenvalue weighted by molar-refractivity contribution is -0.142. The number of carboxylic acids is 1. The Balaban J connectivity index is 5.49. The Morgan fingerprint density at radius 1 is 0.906 bits per heavy atom. The summed E-state index contributed by atoms with van der Waals surface area (Å²) in [5.74, 6) is -3.69. The monoisotopic (exact) mass is 477 g/mol. The molecule has 4 unspecified atom stereocenters. The zero-order valence-electron chi connectivity index (χ0n) is 18.6. The summed E-state index contributed by atoms with van der Waals surface area (Å²) in [6.45, 7) is 3.02. The molecular formula is C19H35N5O7S. The normalized spacial score (nSPS) is 14.7. The molecule has 0 aromatic heterocycles. The summed E-state index contributed by atoms with van der Waals surface area (Å²) in [6, 6.07) is -4.70. The molecule has 32 heavy (non-hydrogen) atoms. The van der Waals surface area contributed by atoms with Gasteiger partial charge in [-0.05, 0) is 37.2 Å². The third-order valence-electron chi connectivity index (χ3n) is 4.41. The highest BCUT2D eigenvalue weighted by Crippen LogP contribution is 2.08. The van der Waals surface area contributed by atoms with E-state index in [-0.39, 0.29) is 31.6 Å². The Hall–Kier alpha value is -2.38. The summed E-state index contributed by atoms with van der Waals surface area (Å²) in [6.07, 6.45) is 1.80. The lowest BCUT2D eigenvalue weighted by Crippen LogP contribution is -2.57. The number of nitrogens with one attached hydrogen (secondary N) is 3. The SMILES string of the molecule is CSCCC(NC(=O)C(CCC(N)=O)NC(=O)C(CC(C)C)NC(=O)C(N)CO)C(=O)O. The van der Waals surface area contributed by atoms with Gasteiger partial charge in [0.1, 0.15) is 24.2 Å². The number of hydrogen-bond donors (Lipinski definition) is 7. The largest absolute Gasteiger partial charge is 0.480 e. The summed E-state index contributed by atoms with van der Waals surface area (Å²) >= 11 is 1.41. The van der Waals surface area contributed by atoms with Crippen molar-refractivity contribution < 1.29 is 34.2 Å². The van der Waals surface area contributed by atoms with Crippen LogP contribution in [-0.2, 0) is 24.0 Å². The zero-order chi connectivity index (χ0) is 24.8. The van der Waals surface area contributed by atoms with Gasteiger partial charge >= 0.3 is 5.97 Å². The fourth-order valence-electron chi connectivity index (χ4n) is 2.66. The van der Waals surface area contributed by atoms with Crippen LogP contribution < -0.4 is 27.4 Å². The van der Waals surface area contributed by atoms with Gasteiger partial charge < -0.3 is 37.6 Å². The number of primary amides is 1. The zero-order valence-corrected chi connectivity index (χ0v) is 19.4. The number of aliphatic hydroxyl groups excluding tert-OH is 1. The summed E-state index contributed by atoms with van der Waals surface area (Å²) in [7, 11) is 0. The van der Waals surface area contributed by atoms with Crippen molar-refractivity contribution in [2.45, 2.75) is 63.7 Å². The molecule has 0 aliphatic heterocycles. The Kier molecular flexibility index (Phi) is 14.3. The molecule has 4 amide bonds. The third kappa shape index (κ3) is 11.9. The molecule has 0 rings (SSSR count). The van der Waals surface area contributed by atoms with E-state index >= 15 is 0 Å². The van der Waals surface area contributed by atoms with Gasteiger partial charge in [0.2, 0.25) is 23.6 Å². The third-order valence-corrected chi connectivity index (χ3v) is 5.06. The predicted octanol–water partition coefficient (Wildman–Crippen LogP) is -2.09. The van der Waals surface area contributed by atoms with Gasteiger partial charge in [-0.3, -0.25) is 19.2 Å². The van der Waals surface area contributed by atoms with E-state index in [2.05, 4.69) is 16.0 Å². The van der Waals surface area contributed by atoms with E-state index in [1.807, 2.05) is 13.8 Å². The van der Waals surface area contributed by atoms with E-state index in [1.165, 1.54) is 11.8 Å². The Morgan fingerprint density at radius 3 is 1.91 bits per heavy atom. The number of aliphatic hydroxyl groups is 1. The first-order valence-electron chi connectivity index (χ1n) is 10.2. The number of hydrogen-bond acceptors (Lipinski definition) is 8. The van der Waals surface area contributed by atoms with Crippen LogP contribution in [0.4, 0.5) is 0 Å². The molecule has 0 saturated carbocycles. The second-order valence-corrected chi connectivity index (χ2v) is 8.71. The van der Waals surface area contributed by atoms with Crippen molar-refractivity contribution in [1.82, 2.24) is 16.0 Å². The van der Waals surface area contributed by atoms with Gasteiger partial charge in [-0.2, -0.15) is 11.8 Å². The Bertz CT molecular complexity index is 662. The highest BCUT2D eigenvalue weighted by Gasteiger charge is 2.30. The maximum absolute atomic E-state index is 12.8. The van der Waals surface area contributed by atoms with Gasteiger partial charge in [0, 0.05) is 6.42 Å². The molecule has 0 radical (unpaired) electrons. The molecule has 0 aliphatic carbocycles. The average molecular weight is 478 g/mol. The molecule has 0 aromatic rings. The van der Waals surface area contributed by atoms with E-state index in [0.717, 1.165) is 0 Å². The van der Waals surface area contributed by atoms with Gasteiger partial charge in [0.15, 0.2) is 0 Å². The van der Waals surface area contributed by atoms with Crippen LogP contribution in [0.25, 0.3) is 0 Å². The van der Waals surface area contributed by atoms with E-state index in [1.54, 1.807) is 6.26 Å². The quantitative estimate of drug-likeness (QED) is 0.129. The van der Waals surface area contributed by atoms with Crippen LogP contribution in [0.1, 0.15) is 39.5 Å². The number of rotatable bonds is 16. The minimum Gasteiger partial charge on any atom is -0.480 e. The highest BCUT2D eigenvalue weighted by atomic mass is 32.2. The highest BCUT2D eigenvalue weighted by molar-refractivity contribution is 7.98. The van der Waals surface area contributed by atoms with E-state index in [4.69, 9.17) is 16.6 Å². The van der Waals surface area contributed by atoms with Crippen LogP contribution in [0, 0.1) is 5.92 Å². The van der Waals surface area contributed by atoms with Crippen molar-refractivity contribution >= 4 is 41.4 Å². The summed E-state index contributed by atoms with van der Waals surface area (Å²) in [4.78, 5) is 60.2. The van der Waals surface area contributed by atoms with Gasteiger partial charge in [0.05, 0.1) is 6.61 Å². The lowest BCUT2D eigenvalue weighted by Gasteiger charge is -2.25. The lowest BCUT2D eigenvalue weighted by atomic mass is 10.0. The van der Waals surface area contributed by atoms with Crippen LogP contribution in [0.3, 0.4) is 0 Å². The molecule has 0 aliphatic rings. The molecule has 12 nitrogen and oxygen atoms in total. The maximum atomic E-state index is 12.8. The minimum atomic E-state index is -1.25. The van der Waals surface area contributed by atoms with Crippen molar-refractivity contribution in [3.63, 3.8) is 0 Å².